The second kappa shape index (κ2) is 3.26. The fourth-order valence-electron chi connectivity index (χ4n) is 1.18. The van der Waals surface area contributed by atoms with Gasteiger partial charge in [0.1, 0.15) is 0 Å². The van der Waals surface area contributed by atoms with E-state index in [1.807, 2.05) is 13.0 Å². The summed E-state index contributed by atoms with van der Waals surface area (Å²) < 4.78 is 0. The summed E-state index contributed by atoms with van der Waals surface area (Å²) in [5.41, 5.74) is 1.94. The molecular weight excluding hydrogens is 154 g/mol. The number of benzene rings is 1. The van der Waals surface area contributed by atoms with Crippen molar-refractivity contribution in [3.8, 4) is 0 Å². The molecule has 1 aromatic rings. The Hall–Kier alpha value is -1.51. The first-order valence-electron chi connectivity index (χ1n) is 3.67. The van der Waals surface area contributed by atoms with Crippen molar-refractivity contribution in [2.45, 2.75) is 6.92 Å². The molecule has 12 heavy (non-hydrogen) atoms. The summed E-state index contributed by atoms with van der Waals surface area (Å²) in [7, 11) is 1.72. The molecule has 0 saturated heterocycles. The molecule has 0 heterocycles. The van der Waals surface area contributed by atoms with Crippen LogP contribution in [0.25, 0.3) is 0 Å². The Morgan fingerprint density at radius 2 is 2.17 bits per heavy atom. The number of nitrogens with one attached hydrogen (secondary N) is 1. The van der Waals surface area contributed by atoms with Crippen LogP contribution in [0.1, 0.15) is 15.9 Å². The number of anilines is 1. The fraction of sp³-hybridized carbons (Fsp3) is 0.222. The van der Waals surface area contributed by atoms with Crippen LogP contribution in [0, 0.1) is 6.92 Å². The van der Waals surface area contributed by atoms with Crippen LogP contribution in [0.4, 0.5) is 5.69 Å². The van der Waals surface area contributed by atoms with Crippen LogP contribution in [-0.2, 0) is 0 Å². The predicted octanol–water partition coefficient (Wildman–Crippen LogP) is 1.73. The van der Waals surface area contributed by atoms with E-state index in [1.54, 1.807) is 19.2 Å². The maximum absolute atomic E-state index is 10.7. The summed E-state index contributed by atoms with van der Waals surface area (Å²) in [5.74, 6) is -0.900. The number of para-hydroxylation sites is 1. The molecule has 1 aromatic carbocycles. The predicted molar refractivity (Wildman–Crippen MR) is 47.7 cm³/mol. The minimum absolute atomic E-state index is 0.317. The lowest BCUT2D eigenvalue weighted by molar-refractivity contribution is 0.0698. The Labute approximate surface area is 71.0 Å². The summed E-state index contributed by atoms with van der Waals surface area (Å²) in [6.45, 7) is 1.87. The van der Waals surface area contributed by atoms with Gasteiger partial charge in [0, 0.05) is 7.05 Å². The molecule has 0 fully saturated rings. The van der Waals surface area contributed by atoms with Crippen molar-refractivity contribution in [1.29, 1.82) is 0 Å². The zero-order chi connectivity index (χ0) is 9.14. The maximum atomic E-state index is 10.7. The highest BCUT2D eigenvalue weighted by atomic mass is 16.4. The van der Waals surface area contributed by atoms with Gasteiger partial charge in [-0.1, -0.05) is 12.1 Å². The van der Waals surface area contributed by atoms with Crippen LogP contribution in [-0.4, -0.2) is 18.1 Å². The Morgan fingerprint density at radius 3 is 2.58 bits per heavy atom. The number of carboxylic acids is 1. The summed E-state index contributed by atoms with van der Waals surface area (Å²) in [6, 6.07) is 5.19. The molecule has 1 rings (SSSR count). The second-order valence-corrected chi connectivity index (χ2v) is 2.55. The van der Waals surface area contributed by atoms with E-state index in [0.717, 1.165) is 5.56 Å². The minimum atomic E-state index is -0.900. The van der Waals surface area contributed by atoms with E-state index in [1.165, 1.54) is 0 Å². The number of aromatic carboxylic acids is 1. The molecule has 0 radical (unpaired) electrons. The van der Waals surface area contributed by atoms with E-state index < -0.39 is 5.97 Å². The fourth-order valence-corrected chi connectivity index (χ4v) is 1.18. The van der Waals surface area contributed by atoms with Gasteiger partial charge in [-0.2, -0.15) is 0 Å². The van der Waals surface area contributed by atoms with Gasteiger partial charge >= 0.3 is 5.97 Å². The smallest absolute Gasteiger partial charge is 0.337 e. The van der Waals surface area contributed by atoms with Crippen molar-refractivity contribution in [3.05, 3.63) is 29.3 Å². The SMILES string of the molecule is CNc1c(C)cccc1C(=O)O. The Bertz CT molecular complexity index is 307. The summed E-state index contributed by atoms with van der Waals surface area (Å²) in [5, 5.41) is 11.6. The summed E-state index contributed by atoms with van der Waals surface area (Å²) in [6.07, 6.45) is 0. The normalized spacial score (nSPS) is 9.50. The molecule has 0 aliphatic rings. The summed E-state index contributed by atoms with van der Waals surface area (Å²) in [4.78, 5) is 10.7. The molecule has 0 saturated carbocycles. The Balaban J connectivity index is 3.27. The average Bonchev–Trinajstić information content (AvgIpc) is 2.03. The molecule has 2 N–H and O–H groups in total. The van der Waals surface area contributed by atoms with Gasteiger partial charge in [-0.25, -0.2) is 4.79 Å². The first-order chi connectivity index (χ1) is 5.66. The molecule has 0 aliphatic heterocycles. The lowest BCUT2D eigenvalue weighted by atomic mass is 10.1. The minimum Gasteiger partial charge on any atom is -0.478 e. The molecular formula is C9H11NO2. The number of hydrogen-bond acceptors (Lipinski definition) is 2. The second-order valence-electron chi connectivity index (χ2n) is 2.55. The first-order valence-corrected chi connectivity index (χ1v) is 3.67. The molecule has 0 amide bonds. The van der Waals surface area contributed by atoms with Gasteiger partial charge in [0.25, 0.3) is 0 Å². The third kappa shape index (κ3) is 1.39. The Kier molecular flexibility index (Phi) is 2.33. The standard InChI is InChI=1S/C9H11NO2/c1-6-4-3-5-7(9(11)12)8(6)10-2/h3-5,10H,1-2H3,(H,11,12). The number of carboxylic acid groups (broad SMARTS) is 1. The van der Waals surface area contributed by atoms with Crippen LogP contribution >= 0.6 is 0 Å². The third-order valence-electron chi connectivity index (χ3n) is 1.75. The summed E-state index contributed by atoms with van der Waals surface area (Å²) >= 11 is 0. The van der Waals surface area contributed by atoms with Gasteiger partial charge in [0.15, 0.2) is 0 Å². The van der Waals surface area contributed by atoms with Crippen LogP contribution in [0.3, 0.4) is 0 Å². The maximum Gasteiger partial charge on any atom is 0.337 e. The highest BCUT2D eigenvalue weighted by Crippen LogP contribution is 2.19. The third-order valence-corrected chi connectivity index (χ3v) is 1.75. The molecule has 0 aromatic heterocycles. The lowest BCUT2D eigenvalue weighted by Gasteiger charge is -2.07. The van der Waals surface area contributed by atoms with Crippen molar-refractivity contribution in [2.75, 3.05) is 12.4 Å². The molecule has 0 spiro atoms. The Morgan fingerprint density at radius 1 is 1.50 bits per heavy atom. The molecule has 0 bridgehead atoms. The van der Waals surface area contributed by atoms with Crippen molar-refractivity contribution < 1.29 is 9.90 Å². The van der Waals surface area contributed by atoms with Crippen LogP contribution in [0.2, 0.25) is 0 Å². The number of carbonyl (C=O) groups is 1. The van der Waals surface area contributed by atoms with E-state index in [2.05, 4.69) is 5.32 Å². The van der Waals surface area contributed by atoms with Gasteiger partial charge in [0.2, 0.25) is 0 Å². The van der Waals surface area contributed by atoms with Crippen LogP contribution < -0.4 is 5.32 Å². The largest absolute Gasteiger partial charge is 0.478 e. The van der Waals surface area contributed by atoms with Gasteiger partial charge in [-0.15, -0.1) is 0 Å². The van der Waals surface area contributed by atoms with Crippen molar-refractivity contribution in [2.24, 2.45) is 0 Å². The van der Waals surface area contributed by atoms with Crippen molar-refractivity contribution in [1.82, 2.24) is 0 Å². The van der Waals surface area contributed by atoms with E-state index in [-0.39, 0.29) is 0 Å². The highest BCUT2D eigenvalue weighted by Gasteiger charge is 2.09. The highest BCUT2D eigenvalue weighted by molar-refractivity contribution is 5.94. The molecule has 64 valence electrons. The van der Waals surface area contributed by atoms with Gasteiger partial charge in [-0.3, -0.25) is 0 Å². The number of aryl methyl sites for hydroxylation is 1. The van der Waals surface area contributed by atoms with Gasteiger partial charge in [0.05, 0.1) is 11.3 Å². The van der Waals surface area contributed by atoms with E-state index in [0.29, 0.717) is 11.3 Å². The zero-order valence-corrected chi connectivity index (χ0v) is 7.09. The number of hydrogen-bond donors (Lipinski definition) is 2. The topological polar surface area (TPSA) is 49.3 Å². The van der Waals surface area contributed by atoms with Crippen molar-refractivity contribution in [3.63, 3.8) is 0 Å². The van der Waals surface area contributed by atoms with Crippen LogP contribution in [0.5, 0.6) is 0 Å². The van der Waals surface area contributed by atoms with E-state index >= 15 is 0 Å². The number of rotatable bonds is 2. The molecule has 0 aliphatic carbocycles. The van der Waals surface area contributed by atoms with E-state index in [9.17, 15) is 4.79 Å². The zero-order valence-electron chi connectivity index (χ0n) is 7.09. The molecule has 3 heteroatoms. The monoisotopic (exact) mass is 165 g/mol. The van der Waals surface area contributed by atoms with Crippen LogP contribution in [0.15, 0.2) is 18.2 Å². The molecule has 0 unspecified atom stereocenters. The molecule has 0 atom stereocenters. The van der Waals surface area contributed by atoms with Gasteiger partial charge < -0.3 is 10.4 Å². The van der Waals surface area contributed by atoms with E-state index in [4.69, 9.17) is 5.11 Å². The lowest BCUT2D eigenvalue weighted by Crippen LogP contribution is -2.03. The quantitative estimate of drug-likeness (QED) is 0.701. The average molecular weight is 165 g/mol. The first kappa shape index (κ1) is 8.59. The molecule has 3 nitrogen and oxygen atoms in total. The van der Waals surface area contributed by atoms with Gasteiger partial charge in [-0.05, 0) is 18.6 Å². The van der Waals surface area contributed by atoms with Crippen molar-refractivity contribution >= 4 is 11.7 Å².